The van der Waals surface area contributed by atoms with Crippen molar-refractivity contribution in [2.45, 2.75) is 64.9 Å². The van der Waals surface area contributed by atoms with Crippen LogP contribution < -0.4 is 0 Å². The van der Waals surface area contributed by atoms with E-state index in [0.717, 1.165) is 19.3 Å². The first-order chi connectivity index (χ1) is 9.94. The molecule has 2 nitrogen and oxygen atoms in total. The summed E-state index contributed by atoms with van der Waals surface area (Å²) in [5.41, 5.74) is 2.99. The number of carbonyl (C=O) groups excluding carboxylic acids is 1. The molecule has 0 aromatic heterocycles. The van der Waals surface area contributed by atoms with Gasteiger partial charge in [0.1, 0.15) is 0 Å². The van der Waals surface area contributed by atoms with Crippen molar-refractivity contribution in [3.05, 3.63) is 23.3 Å². The summed E-state index contributed by atoms with van der Waals surface area (Å²) in [6.45, 7) is 4.74. The Labute approximate surface area is 127 Å². The van der Waals surface area contributed by atoms with E-state index in [2.05, 4.69) is 19.9 Å². The standard InChI is InChI=1S/C19H26O2/c1-18-6-3-7-19(18,2)17(21)11-14-8-13-9-15(20)5-4-12(13)10-16(14)18/h8-9,12,16-17,21H,3-7,10-11H2,1-2H3/t12?,16?,17?,18?,19-/m1/s1. The third-order valence-corrected chi connectivity index (χ3v) is 7.49. The average Bonchev–Trinajstić information content (AvgIpc) is 2.76. The summed E-state index contributed by atoms with van der Waals surface area (Å²) in [7, 11) is 0. The van der Waals surface area contributed by atoms with E-state index in [1.54, 1.807) is 0 Å². The third-order valence-electron chi connectivity index (χ3n) is 7.49. The molecular formula is C19H26O2. The summed E-state index contributed by atoms with van der Waals surface area (Å²) in [4.78, 5) is 11.7. The predicted octanol–water partition coefficient (Wildman–Crippen LogP) is 3.80. The number of fused-ring (bicyclic) bond motifs is 4. The number of carbonyl (C=O) groups is 1. The molecule has 4 unspecified atom stereocenters. The van der Waals surface area contributed by atoms with Crippen LogP contribution in [0.4, 0.5) is 0 Å². The van der Waals surface area contributed by atoms with Crippen molar-refractivity contribution in [1.82, 2.24) is 0 Å². The highest BCUT2D eigenvalue weighted by Gasteiger charge is 2.60. The van der Waals surface area contributed by atoms with E-state index in [-0.39, 0.29) is 22.7 Å². The molecule has 0 spiro atoms. The van der Waals surface area contributed by atoms with Gasteiger partial charge in [0.05, 0.1) is 6.10 Å². The second-order valence-corrected chi connectivity index (χ2v) is 8.26. The van der Waals surface area contributed by atoms with Crippen LogP contribution in [0.25, 0.3) is 0 Å². The minimum absolute atomic E-state index is 0.0840. The van der Waals surface area contributed by atoms with Gasteiger partial charge in [-0.2, -0.15) is 0 Å². The van der Waals surface area contributed by atoms with Gasteiger partial charge in [-0.05, 0) is 66.4 Å². The lowest BCUT2D eigenvalue weighted by atomic mass is 9.49. The molecule has 114 valence electrons. The zero-order chi connectivity index (χ0) is 14.8. The van der Waals surface area contributed by atoms with E-state index >= 15 is 0 Å². The van der Waals surface area contributed by atoms with Gasteiger partial charge in [0.2, 0.25) is 0 Å². The fraction of sp³-hybridized carbons (Fsp3) is 0.737. The fourth-order valence-electron chi connectivity index (χ4n) is 5.86. The molecule has 4 aliphatic rings. The predicted molar refractivity (Wildman–Crippen MR) is 82.7 cm³/mol. The van der Waals surface area contributed by atoms with Gasteiger partial charge in [-0.15, -0.1) is 0 Å². The topological polar surface area (TPSA) is 37.3 Å². The summed E-state index contributed by atoms with van der Waals surface area (Å²) in [6, 6.07) is 0. The van der Waals surface area contributed by atoms with E-state index in [9.17, 15) is 9.90 Å². The lowest BCUT2D eigenvalue weighted by molar-refractivity contribution is -0.115. The summed E-state index contributed by atoms with van der Waals surface area (Å²) in [5.74, 6) is 1.47. The van der Waals surface area contributed by atoms with Crippen molar-refractivity contribution in [3.63, 3.8) is 0 Å². The summed E-state index contributed by atoms with van der Waals surface area (Å²) < 4.78 is 0. The van der Waals surface area contributed by atoms with E-state index in [0.29, 0.717) is 11.8 Å². The number of ketones is 1. The highest BCUT2D eigenvalue weighted by Crippen LogP contribution is 2.66. The summed E-state index contributed by atoms with van der Waals surface area (Å²) >= 11 is 0. The van der Waals surface area contributed by atoms with Gasteiger partial charge in [-0.3, -0.25) is 4.79 Å². The summed E-state index contributed by atoms with van der Waals surface area (Å²) in [5, 5.41) is 10.8. The normalized spacial score (nSPS) is 48.9. The Morgan fingerprint density at radius 3 is 2.76 bits per heavy atom. The zero-order valence-corrected chi connectivity index (χ0v) is 13.2. The van der Waals surface area contributed by atoms with Crippen molar-refractivity contribution < 1.29 is 9.90 Å². The molecular weight excluding hydrogens is 260 g/mol. The molecule has 2 saturated carbocycles. The van der Waals surface area contributed by atoms with E-state index < -0.39 is 0 Å². The van der Waals surface area contributed by atoms with E-state index in [1.165, 1.54) is 36.8 Å². The van der Waals surface area contributed by atoms with Crippen LogP contribution in [-0.4, -0.2) is 17.0 Å². The average molecular weight is 286 g/mol. The van der Waals surface area contributed by atoms with Crippen LogP contribution in [0.15, 0.2) is 23.3 Å². The van der Waals surface area contributed by atoms with Crippen LogP contribution in [0.1, 0.15) is 58.8 Å². The molecule has 0 aromatic rings. The Balaban J connectivity index is 1.78. The first kappa shape index (κ1) is 13.8. The van der Waals surface area contributed by atoms with Gasteiger partial charge in [0.25, 0.3) is 0 Å². The molecule has 0 bridgehead atoms. The van der Waals surface area contributed by atoms with Crippen LogP contribution in [-0.2, 0) is 4.79 Å². The van der Waals surface area contributed by atoms with E-state index in [1.807, 2.05) is 6.08 Å². The van der Waals surface area contributed by atoms with Gasteiger partial charge in [0, 0.05) is 6.42 Å². The highest BCUT2D eigenvalue weighted by atomic mass is 16.3. The van der Waals surface area contributed by atoms with Gasteiger partial charge in [-0.1, -0.05) is 31.9 Å². The van der Waals surface area contributed by atoms with E-state index in [4.69, 9.17) is 0 Å². The molecule has 5 atom stereocenters. The minimum Gasteiger partial charge on any atom is -0.392 e. The zero-order valence-electron chi connectivity index (χ0n) is 13.2. The Morgan fingerprint density at radius 2 is 1.95 bits per heavy atom. The number of aliphatic hydroxyl groups is 1. The second kappa shape index (κ2) is 4.32. The molecule has 4 rings (SSSR count). The maximum Gasteiger partial charge on any atom is 0.155 e. The molecule has 0 aromatic carbocycles. The van der Waals surface area contributed by atoms with Crippen molar-refractivity contribution >= 4 is 5.78 Å². The lowest BCUT2D eigenvalue weighted by Crippen LogP contribution is -2.53. The molecule has 0 heterocycles. The molecule has 4 aliphatic carbocycles. The van der Waals surface area contributed by atoms with Crippen LogP contribution >= 0.6 is 0 Å². The SMILES string of the molecule is CC12CCC[C@]1(C)C(O)CC1=CC3=CC(=O)CCC3CC12. The van der Waals surface area contributed by atoms with Crippen molar-refractivity contribution in [2.75, 3.05) is 0 Å². The Morgan fingerprint density at radius 1 is 1.19 bits per heavy atom. The number of hydrogen-bond donors (Lipinski definition) is 1. The number of rotatable bonds is 0. The molecule has 0 saturated heterocycles. The quantitative estimate of drug-likeness (QED) is 0.735. The molecule has 0 amide bonds. The number of aliphatic hydroxyl groups excluding tert-OH is 1. The lowest BCUT2D eigenvalue weighted by Gasteiger charge is -2.56. The second-order valence-electron chi connectivity index (χ2n) is 8.26. The molecule has 0 radical (unpaired) electrons. The van der Waals surface area contributed by atoms with Gasteiger partial charge in [0.15, 0.2) is 5.78 Å². The fourth-order valence-corrected chi connectivity index (χ4v) is 5.86. The maximum absolute atomic E-state index is 11.7. The molecule has 0 aliphatic heterocycles. The Hall–Kier alpha value is -0.890. The van der Waals surface area contributed by atoms with Crippen LogP contribution in [0, 0.1) is 22.7 Å². The van der Waals surface area contributed by atoms with Gasteiger partial charge < -0.3 is 5.11 Å². The van der Waals surface area contributed by atoms with Crippen molar-refractivity contribution in [1.29, 1.82) is 0 Å². The van der Waals surface area contributed by atoms with Crippen LogP contribution in [0.3, 0.4) is 0 Å². The largest absolute Gasteiger partial charge is 0.392 e. The smallest absolute Gasteiger partial charge is 0.155 e. The molecule has 1 N–H and O–H groups in total. The minimum atomic E-state index is -0.219. The maximum atomic E-state index is 11.7. The molecule has 2 heteroatoms. The molecule has 2 fully saturated rings. The van der Waals surface area contributed by atoms with Crippen molar-refractivity contribution in [2.24, 2.45) is 22.7 Å². The first-order valence-electron chi connectivity index (χ1n) is 8.57. The first-order valence-corrected chi connectivity index (χ1v) is 8.57. The molecule has 21 heavy (non-hydrogen) atoms. The van der Waals surface area contributed by atoms with Crippen LogP contribution in [0.5, 0.6) is 0 Å². The van der Waals surface area contributed by atoms with Crippen LogP contribution in [0.2, 0.25) is 0 Å². The number of hydrogen-bond acceptors (Lipinski definition) is 2. The number of allylic oxidation sites excluding steroid dienone is 3. The van der Waals surface area contributed by atoms with Gasteiger partial charge in [-0.25, -0.2) is 0 Å². The third kappa shape index (κ3) is 1.72. The highest BCUT2D eigenvalue weighted by molar-refractivity contribution is 5.92. The van der Waals surface area contributed by atoms with Gasteiger partial charge >= 0.3 is 0 Å². The van der Waals surface area contributed by atoms with Crippen molar-refractivity contribution in [3.8, 4) is 0 Å². The Bertz CT molecular complexity index is 558. The monoisotopic (exact) mass is 286 g/mol. The summed E-state index contributed by atoms with van der Waals surface area (Å²) in [6.07, 6.45) is 11.4. The Kier molecular flexibility index (Phi) is 2.83.